The Labute approximate surface area is 225 Å². The first kappa shape index (κ1) is 28.9. The molecule has 0 aliphatic heterocycles. The van der Waals surface area contributed by atoms with Gasteiger partial charge in [-0.05, 0) is 46.2 Å². The lowest BCUT2D eigenvalue weighted by molar-refractivity contribution is -0.144. The van der Waals surface area contributed by atoms with E-state index in [1.54, 1.807) is 55.8 Å². The predicted molar refractivity (Wildman–Crippen MR) is 142 cm³/mol. The highest BCUT2D eigenvalue weighted by Gasteiger charge is 2.54. The fraction of sp³-hybridized carbons (Fsp3) is 0.520. The molecule has 1 aromatic carbocycles. The molecule has 0 saturated heterocycles. The number of nitrogens with zero attached hydrogens (tertiary/aromatic N) is 4. The van der Waals surface area contributed by atoms with E-state index >= 15 is 4.39 Å². The highest BCUT2D eigenvalue weighted by Crippen LogP contribution is 2.50. The maximum Gasteiger partial charge on any atom is 0.459 e. The number of anilines is 1. The van der Waals surface area contributed by atoms with E-state index in [1.165, 1.54) is 20.2 Å². The normalized spacial score (nSPS) is 25.3. The molecular formula is C25H34FN6O6P. The maximum absolute atomic E-state index is 16.1. The molecule has 1 aliphatic carbocycles. The van der Waals surface area contributed by atoms with Crippen LogP contribution in [-0.2, 0) is 18.6 Å². The lowest BCUT2D eigenvalue weighted by atomic mass is 9.98. The third kappa shape index (κ3) is 6.06. The lowest BCUT2D eigenvalue weighted by Crippen LogP contribution is -2.39. The molecule has 3 N–H and O–H groups in total. The van der Waals surface area contributed by atoms with E-state index in [4.69, 9.17) is 13.8 Å². The van der Waals surface area contributed by atoms with Crippen LogP contribution in [-0.4, -0.2) is 68.7 Å². The van der Waals surface area contributed by atoms with Crippen LogP contribution in [0.4, 0.5) is 10.2 Å². The summed E-state index contributed by atoms with van der Waals surface area (Å²) in [6.07, 6.45) is 0.153. The number of rotatable bonds is 11. The number of ether oxygens (including phenoxy) is 1. The maximum atomic E-state index is 16.1. The fourth-order valence-corrected chi connectivity index (χ4v) is 6.28. The van der Waals surface area contributed by atoms with Crippen molar-refractivity contribution >= 4 is 30.7 Å². The van der Waals surface area contributed by atoms with E-state index < -0.39 is 43.5 Å². The highest BCUT2D eigenvalue weighted by molar-refractivity contribution is 7.52. The van der Waals surface area contributed by atoms with Gasteiger partial charge in [0, 0.05) is 13.0 Å². The van der Waals surface area contributed by atoms with E-state index in [9.17, 15) is 14.5 Å². The lowest BCUT2D eigenvalue weighted by Gasteiger charge is -2.28. The molecule has 0 spiro atoms. The minimum Gasteiger partial charge on any atom is -0.465 e. The standard InChI is InChI=1S/C25H34FN6O6P/c1-6-36-24(34)15(2)31-39(35,38-18-10-8-7-9-11-18)37-13-17-12-19(25(4,26)21(17)33)32-14-28-20-22(27-5)29-16(3)30-23(20)32/h7-11,14-15,17,19,21,33H,6,12-13H2,1-5H3,(H,31,35)(H,27,29,30)/t15-,17+,19+,21+,25-,39?/m0/s1. The molecule has 0 amide bonds. The van der Waals surface area contributed by atoms with Crippen LogP contribution in [0.1, 0.15) is 39.1 Å². The van der Waals surface area contributed by atoms with Gasteiger partial charge >= 0.3 is 13.7 Å². The molecule has 2 aromatic heterocycles. The Morgan fingerprint density at radius 3 is 2.72 bits per heavy atom. The number of halogens is 1. The molecule has 14 heteroatoms. The molecule has 0 radical (unpaired) electrons. The summed E-state index contributed by atoms with van der Waals surface area (Å²) in [6, 6.07) is 6.44. The quantitative estimate of drug-likeness (QED) is 0.232. The van der Waals surface area contributed by atoms with Crippen LogP contribution in [0, 0.1) is 12.8 Å². The van der Waals surface area contributed by atoms with Crippen molar-refractivity contribution in [2.24, 2.45) is 5.92 Å². The number of esters is 1. The molecule has 1 fully saturated rings. The van der Waals surface area contributed by atoms with Gasteiger partial charge in [-0.3, -0.25) is 9.32 Å². The third-order valence-corrected chi connectivity index (χ3v) is 8.37. The largest absolute Gasteiger partial charge is 0.465 e. The molecule has 6 atom stereocenters. The number of hydrogen-bond acceptors (Lipinski definition) is 10. The summed E-state index contributed by atoms with van der Waals surface area (Å²) in [6.45, 7) is 5.98. The number of aliphatic hydroxyl groups excluding tert-OH is 1. The fourth-order valence-electron chi connectivity index (χ4n) is 4.74. The van der Waals surface area contributed by atoms with Crippen molar-refractivity contribution in [3.05, 3.63) is 42.5 Å². The van der Waals surface area contributed by atoms with E-state index in [2.05, 4.69) is 25.4 Å². The van der Waals surface area contributed by atoms with Crippen LogP contribution in [0.5, 0.6) is 5.75 Å². The molecule has 12 nitrogen and oxygen atoms in total. The van der Waals surface area contributed by atoms with Gasteiger partial charge in [0.15, 0.2) is 17.1 Å². The number of carbonyl (C=O) groups excluding carboxylic acids is 1. The summed E-state index contributed by atoms with van der Waals surface area (Å²) < 4.78 is 47.8. The van der Waals surface area contributed by atoms with E-state index in [-0.39, 0.29) is 25.4 Å². The Hall–Kier alpha value is -3.12. The molecule has 2 heterocycles. The Morgan fingerprint density at radius 1 is 1.33 bits per heavy atom. The zero-order valence-electron chi connectivity index (χ0n) is 22.5. The first-order valence-electron chi connectivity index (χ1n) is 12.7. The molecule has 1 unspecified atom stereocenters. The summed E-state index contributed by atoms with van der Waals surface area (Å²) in [7, 11) is -2.46. The highest BCUT2D eigenvalue weighted by atomic mass is 31.2. The van der Waals surface area contributed by atoms with Crippen LogP contribution in [0.2, 0.25) is 0 Å². The molecule has 0 bridgehead atoms. The molecule has 1 aliphatic rings. The zero-order chi connectivity index (χ0) is 28.4. The van der Waals surface area contributed by atoms with Crippen molar-refractivity contribution < 1.29 is 32.6 Å². The van der Waals surface area contributed by atoms with Crippen molar-refractivity contribution in [2.75, 3.05) is 25.6 Å². The number of para-hydroxylation sites is 1. The van der Waals surface area contributed by atoms with Crippen LogP contribution in [0.25, 0.3) is 11.2 Å². The molecule has 3 aromatic rings. The van der Waals surface area contributed by atoms with Gasteiger partial charge in [-0.1, -0.05) is 18.2 Å². The van der Waals surface area contributed by atoms with E-state index in [0.717, 1.165) is 0 Å². The van der Waals surface area contributed by atoms with Gasteiger partial charge in [0.05, 0.1) is 31.7 Å². The number of aliphatic hydroxyl groups is 1. The third-order valence-electron chi connectivity index (χ3n) is 6.73. The first-order chi connectivity index (χ1) is 18.5. The molecular weight excluding hydrogens is 530 g/mol. The average molecular weight is 565 g/mol. The molecule has 1 saturated carbocycles. The summed E-state index contributed by atoms with van der Waals surface area (Å²) in [5, 5.41) is 16.5. The number of alkyl halides is 1. The topological polar surface area (TPSA) is 150 Å². The monoisotopic (exact) mass is 564 g/mol. The predicted octanol–water partition coefficient (Wildman–Crippen LogP) is 3.57. The minimum atomic E-state index is -4.16. The summed E-state index contributed by atoms with van der Waals surface area (Å²) in [5.74, 6) is -0.170. The summed E-state index contributed by atoms with van der Waals surface area (Å²) in [4.78, 5) is 25.3. The average Bonchev–Trinajstić information content (AvgIpc) is 3.40. The number of nitrogens with one attached hydrogen (secondary N) is 2. The van der Waals surface area contributed by atoms with E-state index in [1.807, 2.05) is 0 Å². The minimum absolute atomic E-state index is 0.135. The smallest absolute Gasteiger partial charge is 0.459 e. The Bertz CT molecular complexity index is 1360. The van der Waals surface area contributed by atoms with Crippen LogP contribution >= 0.6 is 7.75 Å². The second-order valence-electron chi connectivity index (χ2n) is 9.60. The summed E-state index contributed by atoms with van der Waals surface area (Å²) >= 11 is 0. The van der Waals surface area contributed by atoms with Crippen LogP contribution in [0.15, 0.2) is 36.7 Å². The van der Waals surface area contributed by atoms with Gasteiger partial charge in [0.2, 0.25) is 0 Å². The number of benzene rings is 1. The second kappa shape index (κ2) is 11.5. The Kier molecular flexibility index (Phi) is 8.55. The molecule has 4 rings (SSSR count). The van der Waals surface area contributed by atoms with Gasteiger partial charge in [-0.25, -0.2) is 23.9 Å². The SMILES string of the molecule is CCOC(=O)[C@H](C)NP(=O)(OC[C@H]1C[C@@H](n2cnc3c(NC)nc(C)nc32)[C@](C)(F)[C@@H]1O)Oc1ccccc1. The van der Waals surface area contributed by atoms with Crippen molar-refractivity contribution in [3.8, 4) is 5.75 Å². The Morgan fingerprint density at radius 2 is 2.05 bits per heavy atom. The first-order valence-corrected chi connectivity index (χ1v) is 14.2. The molecule has 39 heavy (non-hydrogen) atoms. The van der Waals surface area contributed by atoms with Crippen molar-refractivity contribution in [1.82, 2.24) is 24.6 Å². The van der Waals surface area contributed by atoms with E-state index in [0.29, 0.717) is 22.8 Å². The van der Waals surface area contributed by atoms with Gasteiger partial charge < -0.3 is 24.3 Å². The second-order valence-corrected chi connectivity index (χ2v) is 11.3. The number of carbonyl (C=O) groups is 1. The van der Waals surface area contributed by atoms with Crippen molar-refractivity contribution in [1.29, 1.82) is 0 Å². The number of hydrogen-bond donors (Lipinski definition) is 3. The number of fused-ring (bicyclic) bond motifs is 1. The van der Waals surface area contributed by atoms with Gasteiger partial charge in [0.1, 0.15) is 23.1 Å². The van der Waals surface area contributed by atoms with Gasteiger partial charge in [0.25, 0.3) is 0 Å². The molecule has 212 valence electrons. The Balaban J connectivity index is 1.57. The zero-order valence-corrected chi connectivity index (χ0v) is 23.4. The van der Waals surface area contributed by atoms with Crippen LogP contribution in [0.3, 0.4) is 0 Å². The van der Waals surface area contributed by atoms with Gasteiger partial charge in [-0.2, -0.15) is 5.09 Å². The van der Waals surface area contributed by atoms with Crippen molar-refractivity contribution in [2.45, 2.75) is 58.0 Å². The number of aryl methyl sites for hydroxylation is 1. The van der Waals surface area contributed by atoms with Crippen molar-refractivity contribution in [3.63, 3.8) is 0 Å². The number of imidazole rings is 1. The number of aromatic nitrogens is 4. The summed E-state index contributed by atoms with van der Waals surface area (Å²) in [5.41, 5.74) is -1.18. The van der Waals surface area contributed by atoms with Gasteiger partial charge in [-0.15, -0.1) is 0 Å². The van der Waals surface area contributed by atoms with Crippen LogP contribution < -0.4 is 14.9 Å².